The van der Waals surface area contributed by atoms with Crippen LogP contribution in [0.3, 0.4) is 0 Å². The van der Waals surface area contributed by atoms with Crippen molar-refractivity contribution < 1.29 is 23.1 Å². The van der Waals surface area contributed by atoms with E-state index < -0.39 is 23.3 Å². The lowest BCUT2D eigenvalue weighted by Crippen LogP contribution is -2.13. The molecular formula is C8H3BrClF3O2. The van der Waals surface area contributed by atoms with E-state index in [9.17, 15) is 18.0 Å². The van der Waals surface area contributed by atoms with Gasteiger partial charge in [0.15, 0.2) is 0 Å². The van der Waals surface area contributed by atoms with Gasteiger partial charge in [0.2, 0.25) is 0 Å². The highest BCUT2D eigenvalue weighted by atomic mass is 79.9. The minimum atomic E-state index is -4.75. The minimum Gasteiger partial charge on any atom is -0.478 e. The van der Waals surface area contributed by atoms with Crippen LogP contribution >= 0.6 is 27.5 Å². The Balaban J connectivity index is 3.54. The van der Waals surface area contributed by atoms with E-state index in [1.165, 1.54) is 0 Å². The van der Waals surface area contributed by atoms with Crippen LogP contribution in [-0.2, 0) is 6.18 Å². The largest absolute Gasteiger partial charge is 0.478 e. The van der Waals surface area contributed by atoms with Crippen LogP contribution in [0.25, 0.3) is 0 Å². The fourth-order valence-electron chi connectivity index (χ4n) is 1.01. The molecule has 0 fully saturated rings. The molecule has 0 aromatic heterocycles. The van der Waals surface area contributed by atoms with Gasteiger partial charge < -0.3 is 5.11 Å². The molecule has 0 aliphatic carbocycles. The summed E-state index contributed by atoms with van der Waals surface area (Å²) in [5, 5.41) is 8.45. The Hall–Kier alpha value is -0.750. The first-order chi connectivity index (χ1) is 6.73. The predicted molar refractivity (Wildman–Crippen MR) is 51.1 cm³/mol. The van der Waals surface area contributed by atoms with Crippen LogP contribution in [-0.4, -0.2) is 11.1 Å². The molecule has 0 bridgehead atoms. The van der Waals surface area contributed by atoms with Gasteiger partial charge in [-0.25, -0.2) is 4.79 Å². The molecule has 82 valence electrons. The highest BCUT2D eigenvalue weighted by Gasteiger charge is 2.36. The second-order valence-corrected chi connectivity index (χ2v) is 3.90. The summed E-state index contributed by atoms with van der Waals surface area (Å²) < 4.78 is 37.1. The van der Waals surface area contributed by atoms with Crippen LogP contribution in [0, 0.1) is 0 Å². The van der Waals surface area contributed by atoms with Crippen molar-refractivity contribution in [1.82, 2.24) is 0 Å². The topological polar surface area (TPSA) is 37.3 Å². The molecule has 1 aromatic rings. The predicted octanol–water partition coefficient (Wildman–Crippen LogP) is 3.82. The Bertz CT molecular complexity index is 417. The third-order valence-corrected chi connectivity index (χ3v) is 2.42. The van der Waals surface area contributed by atoms with Crippen molar-refractivity contribution in [3.8, 4) is 0 Å². The first kappa shape index (κ1) is 12.3. The maximum absolute atomic E-state index is 12.4. The average Bonchev–Trinajstić information content (AvgIpc) is 1.99. The standard InChI is InChI=1S/C8H3BrClF3O2/c9-5-2-3(10)1-4(8(11,12)13)6(5)7(14)15/h1-2H,(H,14,15). The quantitative estimate of drug-likeness (QED) is 0.856. The van der Waals surface area contributed by atoms with Crippen LogP contribution < -0.4 is 0 Å². The normalized spacial score (nSPS) is 11.5. The van der Waals surface area contributed by atoms with Crippen molar-refractivity contribution in [2.24, 2.45) is 0 Å². The SMILES string of the molecule is O=C(O)c1c(Br)cc(Cl)cc1C(F)(F)F. The molecule has 7 heteroatoms. The Kier molecular flexibility index (Phi) is 3.30. The number of alkyl halides is 3. The number of carboxylic acids is 1. The molecule has 0 spiro atoms. The van der Waals surface area contributed by atoms with Crippen LogP contribution in [0.5, 0.6) is 0 Å². The smallest absolute Gasteiger partial charge is 0.417 e. The molecule has 1 aromatic carbocycles. The van der Waals surface area contributed by atoms with Crippen molar-refractivity contribution in [2.45, 2.75) is 6.18 Å². The number of halogens is 5. The molecule has 0 aliphatic rings. The van der Waals surface area contributed by atoms with Gasteiger partial charge in [0.1, 0.15) is 0 Å². The fraction of sp³-hybridized carbons (Fsp3) is 0.125. The molecule has 0 radical (unpaired) electrons. The van der Waals surface area contributed by atoms with E-state index in [1.807, 2.05) is 0 Å². The molecule has 2 nitrogen and oxygen atoms in total. The number of rotatable bonds is 1. The van der Waals surface area contributed by atoms with E-state index >= 15 is 0 Å². The summed E-state index contributed by atoms with van der Waals surface area (Å²) in [4.78, 5) is 10.6. The van der Waals surface area contributed by atoms with Gasteiger partial charge in [-0.2, -0.15) is 13.2 Å². The summed E-state index contributed by atoms with van der Waals surface area (Å²) in [6.45, 7) is 0. The molecule has 0 saturated heterocycles. The molecule has 0 aliphatic heterocycles. The number of hydrogen-bond donors (Lipinski definition) is 1. The molecule has 0 amide bonds. The average molecular weight is 303 g/mol. The summed E-state index contributed by atoms with van der Waals surface area (Å²) in [7, 11) is 0. The van der Waals surface area contributed by atoms with Gasteiger partial charge >= 0.3 is 12.1 Å². The highest BCUT2D eigenvalue weighted by Crippen LogP contribution is 2.37. The maximum Gasteiger partial charge on any atom is 0.417 e. The molecule has 15 heavy (non-hydrogen) atoms. The summed E-state index contributed by atoms with van der Waals surface area (Å²) >= 11 is 8.14. The third kappa shape index (κ3) is 2.63. The number of benzene rings is 1. The number of aromatic carboxylic acids is 1. The number of carbonyl (C=O) groups is 1. The van der Waals surface area contributed by atoms with Gasteiger partial charge in [-0.3, -0.25) is 0 Å². The first-order valence-electron chi connectivity index (χ1n) is 3.53. The van der Waals surface area contributed by atoms with Crippen LogP contribution in [0.4, 0.5) is 13.2 Å². The molecule has 0 atom stereocenters. The molecule has 0 saturated carbocycles. The fourth-order valence-corrected chi connectivity index (χ4v) is 1.99. The monoisotopic (exact) mass is 302 g/mol. The molecule has 0 unspecified atom stereocenters. The van der Waals surface area contributed by atoms with E-state index in [-0.39, 0.29) is 9.50 Å². The molecular weight excluding hydrogens is 300 g/mol. The molecule has 0 heterocycles. The zero-order valence-corrected chi connectivity index (χ0v) is 9.24. The van der Waals surface area contributed by atoms with E-state index in [0.29, 0.717) is 6.07 Å². The Morgan fingerprint density at radius 1 is 1.40 bits per heavy atom. The lowest BCUT2D eigenvalue weighted by molar-refractivity contribution is -0.138. The summed E-state index contributed by atoms with van der Waals surface area (Å²) in [5.74, 6) is -1.66. The van der Waals surface area contributed by atoms with Crippen molar-refractivity contribution in [3.63, 3.8) is 0 Å². The van der Waals surface area contributed by atoms with Crippen molar-refractivity contribution in [1.29, 1.82) is 0 Å². The Morgan fingerprint density at radius 3 is 2.33 bits per heavy atom. The highest BCUT2D eigenvalue weighted by molar-refractivity contribution is 9.10. The van der Waals surface area contributed by atoms with Crippen molar-refractivity contribution >= 4 is 33.5 Å². The zero-order valence-electron chi connectivity index (χ0n) is 6.90. The van der Waals surface area contributed by atoms with Gasteiger partial charge in [-0.05, 0) is 28.1 Å². The van der Waals surface area contributed by atoms with Gasteiger partial charge in [-0.1, -0.05) is 11.6 Å². The summed E-state index contributed by atoms with van der Waals surface area (Å²) in [6, 6.07) is 1.68. The first-order valence-corrected chi connectivity index (χ1v) is 4.70. The summed E-state index contributed by atoms with van der Waals surface area (Å²) in [5.41, 5.74) is -2.11. The van der Waals surface area contributed by atoms with Crippen LogP contribution in [0.1, 0.15) is 15.9 Å². The Morgan fingerprint density at radius 2 is 1.93 bits per heavy atom. The van der Waals surface area contributed by atoms with E-state index in [2.05, 4.69) is 15.9 Å². The van der Waals surface area contributed by atoms with Crippen LogP contribution in [0.2, 0.25) is 5.02 Å². The van der Waals surface area contributed by atoms with Gasteiger partial charge in [0.05, 0.1) is 11.1 Å². The van der Waals surface area contributed by atoms with Gasteiger partial charge in [-0.15, -0.1) is 0 Å². The second-order valence-electron chi connectivity index (χ2n) is 2.61. The number of carboxylic acid groups (broad SMARTS) is 1. The zero-order chi connectivity index (χ0) is 11.8. The lowest BCUT2D eigenvalue weighted by Gasteiger charge is -2.11. The van der Waals surface area contributed by atoms with E-state index in [0.717, 1.165) is 6.07 Å². The minimum absolute atomic E-state index is 0.181. The molecule has 1 N–H and O–H groups in total. The lowest BCUT2D eigenvalue weighted by atomic mass is 10.1. The Labute approximate surface area is 95.8 Å². The van der Waals surface area contributed by atoms with Gasteiger partial charge in [0.25, 0.3) is 0 Å². The second kappa shape index (κ2) is 4.02. The van der Waals surface area contributed by atoms with E-state index in [1.54, 1.807) is 0 Å². The maximum atomic E-state index is 12.4. The summed E-state index contributed by atoms with van der Waals surface area (Å²) in [6.07, 6.45) is -4.75. The third-order valence-electron chi connectivity index (χ3n) is 1.57. The van der Waals surface area contributed by atoms with Crippen molar-refractivity contribution in [3.05, 3.63) is 32.8 Å². The van der Waals surface area contributed by atoms with E-state index in [4.69, 9.17) is 16.7 Å². The van der Waals surface area contributed by atoms with Crippen molar-refractivity contribution in [2.75, 3.05) is 0 Å². The number of hydrogen-bond acceptors (Lipinski definition) is 1. The van der Waals surface area contributed by atoms with Crippen LogP contribution in [0.15, 0.2) is 16.6 Å². The molecule has 1 rings (SSSR count). The van der Waals surface area contributed by atoms with Gasteiger partial charge in [0, 0.05) is 9.50 Å².